The summed E-state index contributed by atoms with van der Waals surface area (Å²) in [5.41, 5.74) is 7.21. The molecular formula is C66H92Cl2N2O14. The summed E-state index contributed by atoms with van der Waals surface area (Å²) in [5, 5.41) is 0. The van der Waals surface area contributed by atoms with E-state index >= 15 is 0 Å². The molecule has 4 aliphatic rings. The molecule has 0 amide bonds. The fourth-order valence-corrected chi connectivity index (χ4v) is 13.5. The number of ether oxygens (including phenoxy) is 12. The molecule has 18 heteroatoms. The first-order valence-corrected chi connectivity index (χ1v) is 29.7. The Balaban J connectivity index is 0.00000566. The third-order valence-corrected chi connectivity index (χ3v) is 18.2. The summed E-state index contributed by atoms with van der Waals surface area (Å²) in [7, 11) is 16.6. The predicted molar refractivity (Wildman–Crippen MR) is 315 cm³/mol. The molecule has 84 heavy (non-hydrogen) atoms. The maximum atomic E-state index is 13.2. The molecule has 0 unspecified atom stereocenters. The van der Waals surface area contributed by atoms with Crippen molar-refractivity contribution in [3.05, 3.63) is 94.1 Å². The normalized spacial score (nSPS) is 19.8. The highest BCUT2D eigenvalue weighted by molar-refractivity contribution is 5.70. The lowest BCUT2D eigenvalue weighted by Gasteiger charge is -2.51. The van der Waals surface area contributed by atoms with Crippen LogP contribution in [-0.4, -0.2) is 144 Å². The zero-order valence-corrected chi connectivity index (χ0v) is 52.9. The molecule has 16 nitrogen and oxygen atoms in total. The van der Waals surface area contributed by atoms with Crippen LogP contribution in [0.2, 0.25) is 0 Å². The summed E-state index contributed by atoms with van der Waals surface area (Å²) in [4.78, 5) is 26.3. The number of fused-ring (bicyclic) bond motifs is 2. The molecule has 2 saturated carbocycles. The van der Waals surface area contributed by atoms with Crippen molar-refractivity contribution >= 4 is 11.9 Å². The number of esters is 2. The van der Waals surface area contributed by atoms with Gasteiger partial charge in [-0.3, -0.25) is 9.59 Å². The topological polar surface area (TPSA) is 145 Å². The van der Waals surface area contributed by atoms with Crippen molar-refractivity contribution in [2.75, 3.05) is 124 Å². The predicted octanol–water partition coefficient (Wildman–Crippen LogP) is 5.38. The zero-order chi connectivity index (χ0) is 58.2. The van der Waals surface area contributed by atoms with Crippen molar-refractivity contribution in [3.63, 3.8) is 0 Å². The largest absolute Gasteiger partial charge is 1.00 e. The van der Waals surface area contributed by atoms with Crippen molar-refractivity contribution in [2.24, 2.45) is 11.8 Å². The summed E-state index contributed by atoms with van der Waals surface area (Å²) in [6.45, 7) is 6.45. The average Bonchev–Trinajstić information content (AvgIpc) is 3.61. The molecule has 0 aromatic heterocycles. The van der Waals surface area contributed by atoms with E-state index < -0.39 is 0 Å². The van der Waals surface area contributed by atoms with Gasteiger partial charge in [0, 0.05) is 74.3 Å². The van der Waals surface area contributed by atoms with Gasteiger partial charge in [0.05, 0.1) is 124 Å². The summed E-state index contributed by atoms with van der Waals surface area (Å²) in [6.07, 6.45) is 17.7. The van der Waals surface area contributed by atoms with E-state index in [0.717, 1.165) is 109 Å². The number of methoxy groups -OCH3 is 10. The van der Waals surface area contributed by atoms with Crippen LogP contribution in [0, 0.1) is 11.8 Å². The summed E-state index contributed by atoms with van der Waals surface area (Å²) < 4.78 is 71.5. The molecule has 2 aliphatic carbocycles. The Labute approximate surface area is 511 Å². The van der Waals surface area contributed by atoms with Gasteiger partial charge in [0.15, 0.2) is 46.0 Å². The Bertz CT molecular complexity index is 2590. The van der Waals surface area contributed by atoms with Gasteiger partial charge in [-0.1, -0.05) is 25.0 Å². The Hall–Kier alpha value is -5.94. The monoisotopic (exact) mass is 1210 g/mol. The fourth-order valence-electron chi connectivity index (χ4n) is 13.5. The van der Waals surface area contributed by atoms with E-state index in [4.69, 9.17) is 56.8 Å². The Morgan fingerprint density at radius 2 is 0.786 bits per heavy atom. The highest BCUT2D eigenvalue weighted by Crippen LogP contribution is 2.50. The molecule has 2 fully saturated rings. The second kappa shape index (κ2) is 32.0. The highest BCUT2D eigenvalue weighted by atomic mass is 35.5. The van der Waals surface area contributed by atoms with Crippen LogP contribution in [0.3, 0.4) is 0 Å². The molecule has 8 rings (SSSR count). The van der Waals surface area contributed by atoms with Gasteiger partial charge in [-0.05, 0) is 109 Å². The summed E-state index contributed by atoms with van der Waals surface area (Å²) in [5.74, 6) is 7.38. The number of quaternary nitrogens is 2. The minimum Gasteiger partial charge on any atom is -1.00 e. The second-order valence-electron chi connectivity index (χ2n) is 22.8. The number of halogens is 2. The molecule has 464 valence electrons. The van der Waals surface area contributed by atoms with Gasteiger partial charge in [-0.25, -0.2) is 0 Å². The van der Waals surface area contributed by atoms with Crippen LogP contribution < -0.4 is 72.2 Å². The lowest BCUT2D eigenvalue weighted by molar-refractivity contribution is -0.962. The number of carbonyl (C=O) groups is 2. The Morgan fingerprint density at radius 1 is 0.452 bits per heavy atom. The van der Waals surface area contributed by atoms with Crippen LogP contribution in [0.4, 0.5) is 0 Å². The smallest absolute Gasteiger partial charge is 0.306 e. The van der Waals surface area contributed by atoms with Crippen molar-refractivity contribution in [3.8, 4) is 57.5 Å². The van der Waals surface area contributed by atoms with Gasteiger partial charge in [0.2, 0.25) is 11.5 Å². The third kappa shape index (κ3) is 15.7. The van der Waals surface area contributed by atoms with Gasteiger partial charge in [-0.2, -0.15) is 0 Å². The van der Waals surface area contributed by atoms with Crippen molar-refractivity contribution in [1.29, 1.82) is 0 Å². The zero-order valence-electron chi connectivity index (χ0n) is 51.4. The molecular weight excluding hydrogens is 1120 g/mol. The minimum atomic E-state index is -0.219. The van der Waals surface area contributed by atoms with Crippen molar-refractivity contribution < 1.29 is 100 Å². The number of hydrogen-bond donors (Lipinski definition) is 0. The van der Waals surface area contributed by atoms with E-state index in [1.807, 2.05) is 12.2 Å². The number of carbonyl (C=O) groups excluding carboxylic acids is 2. The van der Waals surface area contributed by atoms with Crippen LogP contribution in [-0.2, 0) is 44.7 Å². The molecule has 2 aliphatic heterocycles. The second-order valence-corrected chi connectivity index (χ2v) is 22.8. The standard InChI is InChI=1S/C66H92N2O14.2ClH/c1-71-55-39-49-25-29-67(43-45-19-15-20-45,53(51(49)41-57(55)73-3)33-47-35-59(75-5)65(79-9)60(36-47)76-6)27-17-31-81-63(69)23-13-11-12-14-24-64(70)82-32-18-28-68(44-46-21-16-22-46)30-26-50-40-56(72-2)58(74-4)42-52(50)54(68)34-48-37-61(77-7)66(80-10)62(38-48)78-8;;/h11-12,35-42,45-46,53-54H,13-34,43-44H2,1-10H3;2*1H/q+2;;/p-2/b12-11+;;/t53-,54-,67+,68+;;/m1../s1. The van der Waals surface area contributed by atoms with Crippen LogP contribution in [0.5, 0.6) is 57.5 Å². The molecule has 4 aromatic carbocycles. The van der Waals surface area contributed by atoms with Gasteiger partial charge >= 0.3 is 11.9 Å². The molecule has 0 N–H and O–H groups in total. The molecule has 4 aromatic rings. The lowest BCUT2D eigenvalue weighted by atomic mass is 9.80. The maximum absolute atomic E-state index is 13.2. The SMILES string of the molecule is COc1cc2c(cc1OC)[C@@H](Cc1cc(OC)c(OC)c(OC)c1)[N@+](CCCOC(=O)CC/C=C/CCC(=O)OCCC[N@@+]1(CC3CCC3)CCc3cc(OC)c(OC)cc3[C@H]1Cc1cc(OC)c(OC)c(OC)c1)(CC1CCC1)CC2.[Cl-].[Cl-]. The van der Waals surface area contributed by atoms with Crippen molar-refractivity contribution in [2.45, 2.75) is 115 Å². The first-order chi connectivity index (χ1) is 39.9. The molecule has 0 saturated heterocycles. The number of allylic oxidation sites excluding steroid dienone is 2. The number of benzene rings is 4. The van der Waals surface area contributed by atoms with Crippen LogP contribution in [0.25, 0.3) is 0 Å². The number of hydrogen-bond acceptors (Lipinski definition) is 14. The molecule has 0 spiro atoms. The lowest BCUT2D eigenvalue weighted by Crippen LogP contribution is -3.00. The van der Waals surface area contributed by atoms with Gasteiger partial charge in [-0.15, -0.1) is 0 Å². The maximum Gasteiger partial charge on any atom is 0.306 e. The van der Waals surface area contributed by atoms with E-state index in [9.17, 15) is 9.59 Å². The number of rotatable bonds is 32. The van der Waals surface area contributed by atoms with E-state index in [1.165, 1.54) is 60.8 Å². The molecule has 0 bridgehead atoms. The van der Waals surface area contributed by atoms with Crippen LogP contribution >= 0.6 is 0 Å². The first kappa shape index (κ1) is 67.2. The van der Waals surface area contributed by atoms with E-state index in [0.29, 0.717) is 83.9 Å². The van der Waals surface area contributed by atoms with Crippen molar-refractivity contribution in [1.82, 2.24) is 0 Å². The summed E-state index contributed by atoms with van der Waals surface area (Å²) in [6, 6.07) is 17.1. The van der Waals surface area contributed by atoms with Gasteiger partial charge in [0.1, 0.15) is 12.1 Å². The van der Waals surface area contributed by atoms with E-state index in [-0.39, 0.29) is 61.7 Å². The van der Waals surface area contributed by atoms with Crippen LogP contribution in [0.15, 0.2) is 60.7 Å². The highest BCUT2D eigenvalue weighted by Gasteiger charge is 2.47. The number of nitrogens with zero attached hydrogens (tertiary/aromatic N) is 2. The molecule has 2 heterocycles. The molecule has 4 atom stereocenters. The minimum absolute atomic E-state index is 0. The van der Waals surface area contributed by atoms with E-state index in [2.05, 4.69) is 48.5 Å². The quantitative estimate of drug-likeness (QED) is 0.0267. The van der Waals surface area contributed by atoms with Gasteiger partial charge < -0.3 is 90.6 Å². The Morgan fingerprint density at radius 3 is 1.08 bits per heavy atom. The van der Waals surface area contributed by atoms with E-state index in [1.54, 1.807) is 71.1 Å². The third-order valence-electron chi connectivity index (χ3n) is 18.2. The molecule has 0 radical (unpaired) electrons. The van der Waals surface area contributed by atoms with Gasteiger partial charge in [0.25, 0.3) is 0 Å². The Kier molecular flexibility index (Phi) is 25.6. The van der Waals surface area contributed by atoms with Crippen LogP contribution in [0.1, 0.15) is 123 Å². The summed E-state index contributed by atoms with van der Waals surface area (Å²) >= 11 is 0. The average molecular weight is 1210 g/mol. The first-order valence-electron chi connectivity index (χ1n) is 29.7. The fraction of sp³-hybridized carbons (Fsp3) is 0.576.